The summed E-state index contributed by atoms with van der Waals surface area (Å²) < 4.78 is 33.6. The predicted molar refractivity (Wildman–Crippen MR) is 113 cm³/mol. The molecule has 0 aliphatic heterocycles. The number of rotatable bonds is 6. The zero-order valence-electron chi connectivity index (χ0n) is 14.9. The van der Waals surface area contributed by atoms with Crippen LogP contribution in [-0.2, 0) is 10.1 Å². The molecule has 3 aromatic rings. The first-order chi connectivity index (χ1) is 13.3. The minimum absolute atomic E-state index is 0.186. The summed E-state index contributed by atoms with van der Waals surface area (Å²) >= 11 is 3.45. The van der Waals surface area contributed by atoms with Gasteiger partial charge in [-0.05, 0) is 52.7 Å². The highest BCUT2D eigenvalue weighted by Gasteiger charge is 2.13. The summed E-state index contributed by atoms with van der Waals surface area (Å²) in [5.41, 5.74) is 2.38. The molecule has 0 unspecified atom stereocenters. The van der Waals surface area contributed by atoms with Gasteiger partial charge in [0.15, 0.2) is 5.82 Å². The summed E-state index contributed by atoms with van der Waals surface area (Å²) in [5.74, 6) is 0.985. The molecule has 28 heavy (non-hydrogen) atoms. The maximum absolute atomic E-state index is 11.1. The van der Waals surface area contributed by atoms with E-state index in [-0.39, 0.29) is 4.90 Å². The van der Waals surface area contributed by atoms with Gasteiger partial charge >= 0.3 is 0 Å². The number of aromatic nitrogens is 2. The Morgan fingerprint density at radius 1 is 1.18 bits per heavy atom. The molecule has 3 rings (SSSR count). The lowest BCUT2D eigenvalue weighted by Gasteiger charge is -2.12. The van der Waals surface area contributed by atoms with Crippen molar-refractivity contribution in [3.8, 4) is 0 Å². The Morgan fingerprint density at radius 2 is 1.82 bits per heavy atom. The molecule has 0 spiro atoms. The van der Waals surface area contributed by atoms with Crippen molar-refractivity contribution in [1.82, 2.24) is 9.78 Å². The number of benzene rings is 2. The van der Waals surface area contributed by atoms with Gasteiger partial charge in [0.2, 0.25) is 0 Å². The monoisotopic (exact) mass is 460 g/mol. The van der Waals surface area contributed by atoms with E-state index in [2.05, 4.69) is 37.9 Å². The summed E-state index contributed by atoms with van der Waals surface area (Å²) in [7, 11) is -4.24. The Balaban J connectivity index is 1.86. The van der Waals surface area contributed by atoms with Crippen LogP contribution in [0.4, 0.5) is 11.5 Å². The molecule has 9 heteroatoms. The van der Waals surface area contributed by atoms with Crippen LogP contribution in [0.3, 0.4) is 0 Å². The molecule has 0 saturated carbocycles. The minimum Gasteiger partial charge on any atom is -0.341 e. The van der Waals surface area contributed by atoms with Crippen molar-refractivity contribution in [2.75, 3.05) is 5.32 Å². The molecule has 0 radical (unpaired) electrons. The molecular formula is C19H17BrN4O3S. The smallest absolute Gasteiger partial charge is 0.294 e. The number of nitrogens with one attached hydrogen (secondary N) is 1. The van der Waals surface area contributed by atoms with Crippen LogP contribution in [0, 0.1) is 0 Å². The Kier molecular flexibility index (Phi) is 5.78. The number of halogens is 1. The van der Waals surface area contributed by atoms with Gasteiger partial charge in [-0.2, -0.15) is 18.2 Å². The quantitative estimate of drug-likeness (QED) is 0.414. The average molecular weight is 461 g/mol. The fraction of sp³-hybridized carbons (Fsp3) is 0.0526. The molecule has 0 amide bonds. The highest BCUT2D eigenvalue weighted by atomic mass is 79.9. The van der Waals surface area contributed by atoms with Crippen molar-refractivity contribution in [3.05, 3.63) is 77.4 Å². The molecule has 0 atom stereocenters. The van der Waals surface area contributed by atoms with Gasteiger partial charge in [0.05, 0.1) is 15.6 Å². The van der Waals surface area contributed by atoms with Gasteiger partial charge in [0, 0.05) is 11.4 Å². The normalized spacial score (nSPS) is 12.0. The molecule has 0 saturated heterocycles. The maximum atomic E-state index is 11.1. The van der Waals surface area contributed by atoms with Gasteiger partial charge in [-0.15, -0.1) is 0 Å². The molecule has 1 heterocycles. The van der Waals surface area contributed by atoms with Gasteiger partial charge in [0.1, 0.15) is 5.82 Å². The van der Waals surface area contributed by atoms with Gasteiger partial charge in [-0.3, -0.25) is 4.55 Å². The first-order valence-corrected chi connectivity index (χ1v) is 10.4. The molecule has 144 valence electrons. The Morgan fingerprint density at radius 3 is 2.43 bits per heavy atom. The zero-order chi connectivity index (χ0) is 20.3. The maximum Gasteiger partial charge on any atom is 0.294 e. The molecule has 0 fully saturated rings. The zero-order valence-corrected chi connectivity index (χ0v) is 17.3. The molecule has 1 aromatic heterocycles. The fourth-order valence-corrected chi connectivity index (χ4v) is 3.28. The third-order valence-corrected chi connectivity index (χ3v) is 5.29. The highest BCUT2D eigenvalue weighted by molar-refractivity contribution is 9.10. The number of anilines is 1. The van der Waals surface area contributed by atoms with E-state index in [0.717, 1.165) is 11.3 Å². The first-order valence-electron chi connectivity index (χ1n) is 8.14. The summed E-state index contributed by atoms with van der Waals surface area (Å²) in [6.07, 6.45) is 1.62. The van der Waals surface area contributed by atoms with Crippen molar-refractivity contribution in [1.29, 1.82) is 0 Å². The van der Waals surface area contributed by atoms with E-state index < -0.39 is 10.1 Å². The summed E-state index contributed by atoms with van der Waals surface area (Å²) in [6.45, 7) is 5.88. The predicted octanol–water partition coefficient (Wildman–Crippen LogP) is 4.57. The fourth-order valence-electron chi connectivity index (χ4n) is 2.45. The average Bonchev–Trinajstić information content (AvgIpc) is 3.02. The second-order valence-electron chi connectivity index (χ2n) is 5.86. The van der Waals surface area contributed by atoms with Gasteiger partial charge < -0.3 is 5.32 Å². The van der Waals surface area contributed by atoms with Crippen LogP contribution >= 0.6 is 15.9 Å². The van der Waals surface area contributed by atoms with E-state index in [1.165, 1.54) is 28.9 Å². The van der Waals surface area contributed by atoms with E-state index >= 15 is 0 Å². The molecule has 2 aromatic carbocycles. The van der Waals surface area contributed by atoms with Crippen LogP contribution in [0.5, 0.6) is 0 Å². The van der Waals surface area contributed by atoms with Crippen molar-refractivity contribution < 1.29 is 13.0 Å². The van der Waals surface area contributed by atoms with Gasteiger partial charge in [-0.1, -0.05) is 36.9 Å². The number of nitrogens with zero attached hydrogens (tertiary/aromatic N) is 3. The summed E-state index contributed by atoms with van der Waals surface area (Å²) in [5, 5.41) is 7.32. The minimum atomic E-state index is -4.24. The molecular weight excluding hydrogens is 444 g/mol. The van der Waals surface area contributed by atoms with E-state index in [0.29, 0.717) is 21.8 Å². The van der Waals surface area contributed by atoms with Crippen molar-refractivity contribution in [3.63, 3.8) is 0 Å². The van der Waals surface area contributed by atoms with E-state index in [9.17, 15) is 8.42 Å². The SMILES string of the molecule is C=C(Nc1ccc(S(=O)(=O)O)cc1)n1ncc(Br)c1/N=C(\C)c1ccccc1. The Bertz CT molecular complexity index is 1140. The number of aliphatic imine (C=N–C) groups is 1. The topological polar surface area (TPSA) is 96.6 Å². The third kappa shape index (κ3) is 4.56. The molecule has 7 nitrogen and oxygen atoms in total. The summed E-state index contributed by atoms with van der Waals surface area (Å²) in [4.78, 5) is 4.47. The van der Waals surface area contributed by atoms with Crippen molar-refractivity contribution in [2.24, 2.45) is 4.99 Å². The first kappa shape index (κ1) is 20.0. The molecule has 2 N–H and O–H groups in total. The Labute approximate surface area is 171 Å². The van der Waals surface area contributed by atoms with Crippen molar-refractivity contribution in [2.45, 2.75) is 11.8 Å². The summed E-state index contributed by atoms with van der Waals surface area (Å²) in [6, 6.07) is 15.4. The third-order valence-electron chi connectivity index (χ3n) is 3.86. The van der Waals surface area contributed by atoms with Crippen LogP contribution in [0.25, 0.3) is 5.82 Å². The van der Waals surface area contributed by atoms with Crippen molar-refractivity contribution >= 4 is 49.1 Å². The van der Waals surface area contributed by atoms with E-state index in [1.807, 2.05) is 37.3 Å². The van der Waals surface area contributed by atoms with Crippen LogP contribution in [0.1, 0.15) is 12.5 Å². The van der Waals surface area contributed by atoms with Crippen LogP contribution in [0.2, 0.25) is 0 Å². The van der Waals surface area contributed by atoms with Gasteiger partial charge in [0.25, 0.3) is 10.1 Å². The lowest BCUT2D eigenvalue weighted by Crippen LogP contribution is -2.08. The van der Waals surface area contributed by atoms with E-state index in [4.69, 9.17) is 4.55 Å². The molecule has 0 bridgehead atoms. The second-order valence-corrected chi connectivity index (χ2v) is 8.14. The largest absolute Gasteiger partial charge is 0.341 e. The van der Waals surface area contributed by atoms with Crippen LogP contribution in [0.15, 0.2) is 81.7 Å². The molecule has 0 aliphatic carbocycles. The van der Waals surface area contributed by atoms with Gasteiger partial charge in [-0.25, -0.2) is 4.99 Å². The molecule has 0 aliphatic rings. The standard InChI is InChI=1S/C19H17BrN4O3S/c1-13(15-6-4-3-5-7-15)22-19-18(20)12-21-24(19)14(2)23-16-8-10-17(11-9-16)28(25,26)27/h3-12,23H,2H2,1H3,(H,25,26,27)/b22-13+. The van der Waals surface area contributed by atoms with E-state index in [1.54, 1.807) is 6.20 Å². The van der Waals surface area contributed by atoms with Crippen LogP contribution < -0.4 is 5.32 Å². The second kappa shape index (κ2) is 8.09. The lowest BCUT2D eigenvalue weighted by molar-refractivity contribution is 0.483. The van der Waals surface area contributed by atoms with Crippen LogP contribution in [-0.4, -0.2) is 28.5 Å². The number of hydrogen-bond acceptors (Lipinski definition) is 5. The number of hydrogen-bond donors (Lipinski definition) is 2. The Hall–Kier alpha value is -2.75. The lowest BCUT2D eigenvalue weighted by atomic mass is 10.1. The highest BCUT2D eigenvalue weighted by Crippen LogP contribution is 2.28.